The summed E-state index contributed by atoms with van der Waals surface area (Å²) in [6.07, 6.45) is 0.808. The van der Waals surface area contributed by atoms with Gasteiger partial charge in [0.15, 0.2) is 3.92 Å². The molecule has 1 aromatic heterocycles. The van der Waals surface area contributed by atoms with Crippen molar-refractivity contribution >= 4 is 38.9 Å². The van der Waals surface area contributed by atoms with Crippen LogP contribution in [0.3, 0.4) is 0 Å². The van der Waals surface area contributed by atoms with E-state index in [1.807, 2.05) is 0 Å². The van der Waals surface area contributed by atoms with Crippen LogP contribution in [0.5, 0.6) is 0 Å². The molecule has 0 aliphatic heterocycles. The normalized spacial score (nSPS) is 10.3. The Hall–Kier alpha value is 0.360. The largest absolute Gasteiger partial charge is 0.330 e. The molecule has 0 atom stereocenters. The Labute approximate surface area is 76.5 Å². The van der Waals surface area contributed by atoms with E-state index >= 15 is 0 Å². The van der Waals surface area contributed by atoms with Gasteiger partial charge in [0, 0.05) is 4.88 Å². The maximum atomic E-state index is 5.74. The monoisotopic (exact) mass is 240 g/mol. The molecule has 0 amide bonds. The molecule has 1 aromatic rings. The van der Waals surface area contributed by atoms with Gasteiger partial charge in [0.25, 0.3) is 0 Å². The molecule has 0 aromatic carbocycles. The number of nitrogens with zero attached hydrogens (tertiary/aromatic N) is 1. The number of halogens is 2. The third kappa shape index (κ3) is 1.92. The Balaban J connectivity index is 2.81. The molecule has 0 spiro atoms. The van der Waals surface area contributed by atoms with Gasteiger partial charge in [-0.1, -0.05) is 11.6 Å². The Morgan fingerprint density at radius 3 is 2.80 bits per heavy atom. The Kier molecular flexibility index (Phi) is 3.10. The highest BCUT2D eigenvalue weighted by molar-refractivity contribution is 9.11. The first-order chi connectivity index (χ1) is 4.74. The SMILES string of the molecule is NCCc1sc(Br)nc1Cl. The minimum absolute atomic E-state index is 0.572. The second-order valence-electron chi connectivity index (χ2n) is 1.72. The van der Waals surface area contributed by atoms with E-state index in [2.05, 4.69) is 20.9 Å². The van der Waals surface area contributed by atoms with Crippen LogP contribution in [0.1, 0.15) is 4.88 Å². The first-order valence-corrected chi connectivity index (χ1v) is 4.73. The number of hydrogen-bond donors (Lipinski definition) is 1. The van der Waals surface area contributed by atoms with Crippen LogP contribution in [0, 0.1) is 0 Å². The van der Waals surface area contributed by atoms with Crippen molar-refractivity contribution in [2.75, 3.05) is 6.54 Å². The molecule has 0 fully saturated rings. The van der Waals surface area contributed by atoms with E-state index in [-0.39, 0.29) is 0 Å². The van der Waals surface area contributed by atoms with Crippen LogP contribution in [-0.4, -0.2) is 11.5 Å². The van der Waals surface area contributed by atoms with Gasteiger partial charge in [0.2, 0.25) is 0 Å². The lowest BCUT2D eigenvalue weighted by Gasteiger charge is -1.88. The van der Waals surface area contributed by atoms with Gasteiger partial charge in [-0.05, 0) is 28.9 Å². The van der Waals surface area contributed by atoms with E-state index in [0.29, 0.717) is 11.7 Å². The summed E-state index contributed by atoms with van der Waals surface area (Å²) in [5.41, 5.74) is 5.34. The van der Waals surface area contributed by atoms with Crippen LogP contribution >= 0.6 is 38.9 Å². The maximum absolute atomic E-state index is 5.74. The number of hydrogen-bond acceptors (Lipinski definition) is 3. The highest BCUT2D eigenvalue weighted by atomic mass is 79.9. The van der Waals surface area contributed by atoms with Crippen molar-refractivity contribution in [2.24, 2.45) is 5.73 Å². The zero-order valence-corrected chi connectivity index (χ0v) is 8.26. The van der Waals surface area contributed by atoms with E-state index in [4.69, 9.17) is 17.3 Å². The van der Waals surface area contributed by atoms with E-state index < -0.39 is 0 Å². The van der Waals surface area contributed by atoms with Crippen molar-refractivity contribution < 1.29 is 0 Å². The molecule has 5 heteroatoms. The lowest BCUT2D eigenvalue weighted by molar-refractivity contribution is 0.984. The Morgan fingerprint density at radius 1 is 1.70 bits per heavy atom. The molecule has 0 aliphatic rings. The standard InChI is InChI=1S/C5H6BrClN2S/c6-5-9-4(7)3(10-5)1-2-8/h1-2,8H2. The molecule has 56 valence electrons. The van der Waals surface area contributed by atoms with E-state index in [1.165, 1.54) is 11.3 Å². The Bertz CT molecular complexity index is 225. The number of rotatable bonds is 2. The fourth-order valence-corrected chi connectivity index (χ4v) is 2.49. The highest BCUT2D eigenvalue weighted by Crippen LogP contribution is 2.26. The third-order valence-corrected chi connectivity index (χ3v) is 2.99. The van der Waals surface area contributed by atoms with Crippen molar-refractivity contribution in [3.05, 3.63) is 13.9 Å². The van der Waals surface area contributed by atoms with E-state index in [9.17, 15) is 0 Å². The predicted molar refractivity (Wildman–Crippen MR) is 47.6 cm³/mol. The summed E-state index contributed by atoms with van der Waals surface area (Å²) in [6, 6.07) is 0. The van der Waals surface area contributed by atoms with Gasteiger partial charge >= 0.3 is 0 Å². The Morgan fingerprint density at radius 2 is 2.40 bits per heavy atom. The summed E-state index contributed by atoms with van der Waals surface area (Å²) in [5.74, 6) is 0. The molecule has 0 bridgehead atoms. The average molecular weight is 242 g/mol. The fraction of sp³-hybridized carbons (Fsp3) is 0.400. The van der Waals surface area contributed by atoms with Gasteiger partial charge in [-0.2, -0.15) is 0 Å². The number of thiazole rings is 1. The molecule has 2 nitrogen and oxygen atoms in total. The zero-order chi connectivity index (χ0) is 7.56. The number of nitrogens with two attached hydrogens (primary N) is 1. The van der Waals surface area contributed by atoms with E-state index in [1.54, 1.807) is 0 Å². The molecule has 0 unspecified atom stereocenters. The minimum atomic E-state index is 0.572. The topological polar surface area (TPSA) is 38.9 Å². The van der Waals surface area contributed by atoms with Gasteiger partial charge in [0.05, 0.1) is 0 Å². The van der Waals surface area contributed by atoms with Gasteiger partial charge in [0.1, 0.15) is 5.15 Å². The summed E-state index contributed by atoms with van der Waals surface area (Å²) < 4.78 is 0.820. The van der Waals surface area contributed by atoms with Gasteiger partial charge in [-0.25, -0.2) is 4.98 Å². The van der Waals surface area contributed by atoms with Crippen LogP contribution < -0.4 is 5.73 Å². The lowest BCUT2D eigenvalue weighted by Crippen LogP contribution is -2.01. The van der Waals surface area contributed by atoms with Gasteiger partial charge in [-0.15, -0.1) is 11.3 Å². The molecule has 0 saturated carbocycles. The summed E-state index contributed by atoms with van der Waals surface area (Å²) in [6.45, 7) is 0.619. The first-order valence-electron chi connectivity index (χ1n) is 2.75. The van der Waals surface area contributed by atoms with Crippen molar-refractivity contribution in [3.8, 4) is 0 Å². The first kappa shape index (κ1) is 8.46. The molecule has 0 radical (unpaired) electrons. The second-order valence-corrected chi connectivity index (χ2v) is 4.44. The van der Waals surface area contributed by atoms with Crippen LogP contribution in [0.4, 0.5) is 0 Å². The minimum Gasteiger partial charge on any atom is -0.330 e. The lowest BCUT2D eigenvalue weighted by atomic mass is 10.4. The van der Waals surface area contributed by atoms with Crippen LogP contribution in [0.2, 0.25) is 5.15 Å². The molecular formula is C5H6BrClN2S. The van der Waals surface area contributed by atoms with E-state index in [0.717, 1.165) is 15.2 Å². The molecule has 0 saturated heterocycles. The van der Waals surface area contributed by atoms with Gasteiger partial charge in [-0.3, -0.25) is 0 Å². The summed E-state index contributed by atoms with van der Waals surface area (Å²) in [5, 5.41) is 0.572. The summed E-state index contributed by atoms with van der Waals surface area (Å²) in [7, 11) is 0. The van der Waals surface area contributed by atoms with Crippen molar-refractivity contribution in [2.45, 2.75) is 6.42 Å². The van der Waals surface area contributed by atoms with Gasteiger partial charge < -0.3 is 5.73 Å². The highest BCUT2D eigenvalue weighted by Gasteiger charge is 2.04. The predicted octanol–water partition coefficient (Wildman–Crippen LogP) is 2.06. The zero-order valence-electron chi connectivity index (χ0n) is 5.10. The summed E-state index contributed by atoms with van der Waals surface area (Å²) >= 11 is 10.5. The molecule has 1 rings (SSSR count). The number of aromatic nitrogens is 1. The molecular weight excluding hydrogens is 235 g/mol. The van der Waals surface area contributed by atoms with Crippen molar-refractivity contribution in [3.63, 3.8) is 0 Å². The molecule has 2 N–H and O–H groups in total. The van der Waals surface area contributed by atoms with Crippen molar-refractivity contribution in [1.82, 2.24) is 4.98 Å². The fourth-order valence-electron chi connectivity index (χ4n) is 0.591. The average Bonchev–Trinajstić information content (AvgIpc) is 2.13. The smallest absolute Gasteiger partial charge is 0.161 e. The third-order valence-electron chi connectivity index (χ3n) is 0.995. The quantitative estimate of drug-likeness (QED) is 0.861. The van der Waals surface area contributed by atoms with Crippen LogP contribution in [-0.2, 0) is 6.42 Å². The van der Waals surface area contributed by atoms with Crippen LogP contribution in [0.25, 0.3) is 0 Å². The summed E-state index contributed by atoms with van der Waals surface area (Å²) in [4.78, 5) is 5.03. The van der Waals surface area contributed by atoms with Crippen molar-refractivity contribution in [1.29, 1.82) is 0 Å². The second kappa shape index (κ2) is 3.67. The molecule has 1 heterocycles. The maximum Gasteiger partial charge on any atom is 0.161 e. The molecule has 10 heavy (non-hydrogen) atoms. The van der Waals surface area contributed by atoms with Crippen LogP contribution in [0.15, 0.2) is 3.92 Å². The molecule has 0 aliphatic carbocycles.